The van der Waals surface area contributed by atoms with Crippen LogP contribution in [0, 0.1) is 0 Å². The van der Waals surface area contributed by atoms with Crippen LogP contribution in [0.4, 0.5) is 0 Å². The normalized spacial score (nSPS) is 14.2. The number of aliphatic hydroxyl groups is 2. The van der Waals surface area contributed by atoms with Crippen LogP contribution in [0.3, 0.4) is 0 Å². The number of nitrogens with one attached hydrogen (secondary N) is 1. The van der Waals surface area contributed by atoms with E-state index in [1.807, 2.05) is 0 Å². The molecule has 0 saturated heterocycles. The van der Waals surface area contributed by atoms with E-state index in [4.69, 9.17) is 11.6 Å². The maximum absolute atomic E-state index is 11.3. The lowest BCUT2D eigenvalue weighted by Gasteiger charge is -2.18. The molecule has 1 aromatic carbocycles. The minimum atomic E-state index is -0.946. The van der Waals surface area contributed by atoms with Crippen LogP contribution in [0.5, 0.6) is 0 Å². The molecule has 4 nitrogen and oxygen atoms in total. The van der Waals surface area contributed by atoms with Crippen LogP contribution in [0.2, 0.25) is 0 Å². The molecule has 18 heavy (non-hydrogen) atoms. The Balaban J connectivity index is 2.69. The summed E-state index contributed by atoms with van der Waals surface area (Å²) in [6, 6.07) is 6.47. The average molecular weight is 272 g/mol. The summed E-state index contributed by atoms with van der Waals surface area (Å²) in [5.74, 6) is -0.222. The zero-order valence-electron chi connectivity index (χ0n) is 10.3. The number of Topliss-reactive ketones (excluding diaryl/α,β-unsaturated/α-hetero) is 1. The highest BCUT2D eigenvalue weighted by atomic mass is 35.5. The van der Waals surface area contributed by atoms with Gasteiger partial charge in [0.2, 0.25) is 0 Å². The van der Waals surface area contributed by atoms with Gasteiger partial charge in [-0.15, -0.1) is 11.6 Å². The highest BCUT2D eigenvalue weighted by Crippen LogP contribution is 2.19. The first-order valence-corrected chi connectivity index (χ1v) is 6.33. The lowest BCUT2D eigenvalue weighted by atomic mass is 10.00. The van der Waals surface area contributed by atoms with Crippen LogP contribution in [-0.4, -0.2) is 41.6 Å². The fourth-order valence-electron chi connectivity index (χ4n) is 1.62. The fourth-order valence-corrected chi connectivity index (χ4v) is 1.77. The summed E-state index contributed by atoms with van der Waals surface area (Å²) in [6.07, 6.45) is -1.31. The predicted molar refractivity (Wildman–Crippen MR) is 71.0 cm³/mol. The Labute approximate surface area is 112 Å². The summed E-state index contributed by atoms with van der Waals surface area (Å²) in [6.45, 7) is 0.626. The second-order valence-electron chi connectivity index (χ2n) is 4.08. The fraction of sp³-hybridized carbons (Fsp3) is 0.462. The van der Waals surface area contributed by atoms with Crippen molar-refractivity contribution in [2.24, 2.45) is 0 Å². The van der Waals surface area contributed by atoms with E-state index in [9.17, 15) is 15.0 Å². The van der Waals surface area contributed by atoms with Crippen molar-refractivity contribution >= 4 is 17.4 Å². The van der Waals surface area contributed by atoms with Crippen molar-refractivity contribution in [1.82, 2.24) is 5.32 Å². The Hall–Kier alpha value is -0.940. The maximum atomic E-state index is 11.3. The number of carbonyl (C=O) groups excluding carboxylic acids is 1. The van der Waals surface area contributed by atoms with E-state index in [-0.39, 0.29) is 11.7 Å². The third-order valence-electron chi connectivity index (χ3n) is 2.75. The van der Waals surface area contributed by atoms with Crippen LogP contribution in [-0.2, 0) is 0 Å². The first kappa shape index (κ1) is 15.1. The topological polar surface area (TPSA) is 69.6 Å². The van der Waals surface area contributed by atoms with Crippen molar-refractivity contribution in [2.45, 2.75) is 18.6 Å². The number of benzene rings is 1. The zero-order chi connectivity index (χ0) is 13.5. The quantitative estimate of drug-likeness (QED) is 0.513. The molecule has 0 aromatic heterocycles. The summed E-state index contributed by atoms with van der Waals surface area (Å²) in [7, 11) is 1.78. The Morgan fingerprint density at radius 2 is 1.94 bits per heavy atom. The van der Waals surface area contributed by atoms with Crippen molar-refractivity contribution < 1.29 is 15.0 Å². The molecule has 0 heterocycles. The van der Waals surface area contributed by atoms with E-state index in [0.717, 1.165) is 0 Å². The molecule has 0 saturated carbocycles. The number of rotatable bonds is 7. The van der Waals surface area contributed by atoms with Gasteiger partial charge >= 0.3 is 0 Å². The van der Waals surface area contributed by atoms with E-state index >= 15 is 0 Å². The van der Waals surface area contributed by atoms with Gasteiger partial charge in [-0.25, -0.2) is 0 Å². The van der Waals surface area contributed by atoms with Gasteiger partial charge in [0.1, 0.15) is 6.10 Å². The van der Waals surface area contributed by atoms with E-state index in [1.54, 1.807) is 31.3 Å². The molecule has 3 N–H and O–H groups in total. The average Bonchev–Trinajstić information content (AvgIpc) is 2.43. The van der Waals surface area contributed by atoms with Gasteiger partial charge < -0.3 is 15.5 Å². The molecule has 0 bridgehead atoms. The SMILES string of the molecule is CNCCC(O)C(O)c1ccc(C(=O)CCl)cc1. The molecule has 1 rings (SSSR count). The van der Waals surface area contributed by atoms with Gasteiger partial charge in [-0.05, 0) is 25.6 Å². The third kappa shape index (κ3) is 4.07. The number of halogens is 1. The highest BCUT2D eigenvalue weighted by Gasteiger charge is 2.18. The molecule has 0 fully saturated rings. The third-order valence-corrected chi connectivity index (χ3v) is 2.99. The van der Waals surface area contributed by atoms with Gasteiger partial charge in [-0.1, -0.05) is 24.3 Å². The van der Waals surface area contributed by atoms with Gasteiger partial charge in [-0.3, -0.25) is 4.79 Å². The number of carbonyl (C=O) groups is 1. The first-order chi connectivity index (χ1) is 8.60. The molecular weight excluding hydrogens is 254 g/mol. The lowest BCUT2D eigenvalue weighted by Crippen LogP contribution is -2.23. The Kier molecular flexibility index (Phi) is 6.29. The second-order valence-corrected chi connectivity index (χ2v) is 4.35. The Morgan fingerprint density at radius 3 is 2.44 bits per heavy atom. The van der Waals surface area contributed by atoms with E-state index in [2.05, 4.69) is 5.32 Å². The molecule has 0 aliphatic heterocycles. The summed E-state index contributed by atoms with van der Waals surface area (Å²) < 4.78 is 0. The summed E-state index contributed by atoms with van der Waals surface area (Å²) in [5.41, 5.74) is 1.09. The van der Waals surface area contributed by atoms with Crippen molar-refractivity contribution in [3.8, 4) is 0 Å². The van der Waals surface area contributed by atoms with Crippen molar-refractivity contribution in [2.75, 3.05) is 19.5 Å². The van der Waals surface area contributed by atoms with Gasteiger partial charge in [0, 0.05) is 5.56 Å². The molecule has 2 unspecified atom stereocenters. The number of hydrogen-bond acceptors (Lipinski definition) is 4. The van der Waals surface area contributed by atoms with Crippen LogP contribution in [0.15, 0.2) is 24.3 Å². The zero-order valence-corrected chi connectivity index (χ0v) is 11.0. The van der Waals surface area contributed by atoms with Crippen molar-refractivity contribution in [3.05, 3.63) is 35.4 Å². The summed E-state index contributed by atoms with van der Waals surface area (Å²) in [4.78, 5) is 11.3. The molecule has 2 atom stereocenters. The molecule has 0 spiro atoms. The van der Waals surface area contributed by atoms with Crippen molar-refractivity contribution in [1.29, 1.82) is 0 Å². The molecule has 5 heteroatoms. The van der Waals surface area contributed by atoms with Crippen LogP contribution in [0.1, 0.15) is 28.4 Å². The standard InChI is InChI=1S/C13H18ClNO3/c1-15-7-6-11(16)13(18)10-4-2-9(3-5-10)12(17)8-14/h2-5,11,13,15-16,18H,6-8H2,1H3. The molecule has 0 aliphatic rings. The molecule has 100 valence electrons. The van der Waals surface area contributed by atoms with Crippen molar-refractivity contribution in [3.63, 3.8) is 0 Å². The Morgan fingerprint density at radius 1 is 1.33 bits per heavy atom. The molecule has 0 radical (unpaired) electrons. The first-order valence-electron chi connectivity index (χ1n) is 5.80. The van der Waals surface area contributed by atoms with Crippen LogP contribution < -0.4 is 5.32 Å². The highest BCUT2D eigenvalue weighted by molar-refractivity contribution is 6.30. The lowest BCUT2D eigenvalue weighted by molar-refractivity contribution is 0.0140. The Bertz CT molecular complexity index is 380. The van der Waals surface area contributed by atoms with E-state index in [1.165, 1.54) is 0 Å². The minimum Gasteiger partial charge on any atom is -0.390 e. The molecule has 0 aliphatic carbocycles. The van der Waals surface area contributed by atoms with Gasteiger partial charge in [0.15, 0.2) is 5.78 Å². The van der Waals surface area contributed by atoms with E-state index in [0.29, 0.717) is 24.1 Å². The smallest absolute Gasteiger partial charge is 0.177 e. The summed E-state index contributed by atoms with van der Waals surface area (Å²) in [5, 5.41) is 22.6. The number of ketones is 1. The van der Waals surface area contributed by atoms with E-state index < -0.39 is 12.2 Å². The number of hydrogen-bond donors (Lipinski definition) is 3. The predicted octanol–water partition coefficient (Wildman–Crippen LogP) is 1.11. The van der Waals surface area contributed by atoms with Crippen LogP contribution in [0.25, 0.3) is 0 Å². The monoisotopic (exact) mass is 271 g/mol. The molecule has 0 amide bonds. The van der Waals surface area contributed by atoms with Crippen LogP contribution >= 0.6 is 11.6 Å². The second kappa shape index (κ2) is 7.48. The van der Waals surface area contributed by atoms with Gasteiger partial charge in [0.25, 0.3) is 0 Å². The minimum absolute atomic E-state index is 0.0628. The summed E-state index contributed by atoms with van der Waals surface area (Å²) >= 11 is 5.45. The largest absolute Gasteiger partial charge is 0.390 e. The molecule has 1 aromatic rings. The van der Waals surface area contributed by atoms with Gasteiger partial charge in [0.05, 0.1) is 12.0 Å². The van der Waals surface area contributed by atoms with Gasteiger partial charge in [-0.2, -0.15) is 0 Å². The molecular formula is C13H18ClNO3. The number of aliphatic hydroxyl groups excluding tert-OH is 2. The maximum Gasteiger partial charge on any atom is 0.177 e. The number of alkyl halides is 1.